The molecule has 0 atom stereocenters. The van der Waals surface area contributed by atoms with Gasteiger partial charge in [-0.3, -0.25) is 9.59 Å². The average Bonchev–Trinajstić information content (AvgIpc) is 2.65. The molecule has 0 fully saturated rings. The Morgan fingerprint density at radius 2 is 1.84 bits per heavy atom. The maximum absolute atomic E-state index is 11.7. The lowest BCUT2D eigenvalue weighted by Crippen LogP contribution is -2.30. The minimum absolute atomic E-state index is 0.408. The van der Waals surface area contributed by atoms with Crippen molar-refractivity contribution in [3.8, 4) is 0 Å². The van der Waals surface area contributed by atoms with Gasteiger partial charge in [0.2, 0.25) is 0 Å². The molecule has 2 rings (SSSR count). The summed E-state index contributed by atoms with van der Waals surface area (Å²) in [7, 11) is 3.70. The summed E-state index contributed by atoms with van der Waals surface area (Å²) in [6, 6.07) is 6.07. The van der Waals surface area contributed by atoms with Crippen LogP contribution < -0.4 is 9.80 Å². The van der Waals surface area contributed by atoms with E-state index >= 15 is 0 Å². The summed E-state index contributed by atoms with van der Waals surface area (Å²) in [4.78, 5) is 27.0. The zero-order valence-corrected chi connectivity index (χ0v) is 11.9. The molecule has 0 saturated heterocycles. The quantitative estimate of drug-likeness (QED) is 0.781. The highest BCUT2D eigenvalue weighted by atomic mass is 16.2. The van der Waals surface area contributed by atoms with Gasteiger partial charge in [-0.1, -0.05) is 13.8 Å². The second-order valence-electron chi connectivity index (χ2n) is 4.98. The van der Waals surface area contributed by atoms with Crippen LogP contribution in [0.15, 0.2) is 18.2 Å². The molecule has 0 bridgehead atoms. The number of anilines is 2. The third kappa shape index (κ3) is 2.11. The number of benzene rings is 1. The van der Waals surface area contributed by atoms with Crippen molar-refractivity contribution < 1.29 is 9.59 Å². The van der Waals surface area contributed by atoms with E-state index < -0.39 is 11.7 Å². The van der Waals surface area contributed by atoms with Crippen molar-refractivity contribution in [2.45, 2.75) is 32.7 Å². The number of carbonyl (C=O) groups excluding carboxylic acids is 2. The number of hydrogen-bond acceptors (Lipinski definition) is 3. The summed E-state index contributed by atoms with van der Waals surface area (Å²) in [6.07, 6.45) is 2.13. The van der Waals surface area contributed by atoms with E-state index in [2.05, 4.69) is 25.8 Å². The molecule has 0 aliphatic carbocycles. The Hall–Kier alpha value is -1.84. The summed E-state index contributed by atoms with van der Waals surface area (Å²) < 4.78 is 0. The summed E-state index contributed by atoms with van der Waals surface area (Å²) in [5.41, 5.74) is 2.27. The molecule has 0 saturated carbocycles. The minimum atomic E-state index is -0.447. The molecule has 1 aliphatic heterocycles. The van der Waals surface area contributed by atoms with E-state index in [-0.39, 0.29) is 0 Å². The van der Waals surface area contributed by atoms with Crippen molar-refractivity contribution in [1.82, 2.24) is 0 Å². The number of fused-ring (bicyclic) bond motifs is 1. The van der Waals surface area contributed by atoms with Crippen molar-refractivity contribution in [1.29, 1.82) is 0 Å². The molecule has 1 aromatic rings. The lowest BCUT2D eigenvalue weighted by atomic mass is 10.1. The second kappa shape index (κ2) is 5.03. The molecule has 1 aliphatic rings. The number of likely N-dealkylation sites (N-methyl/N-ethyl adjacent to an activating group) is 1. The maximum atomic E-state index is 11.7. The molecule has 4 heteroatoms. The fourth-order valence-electron chi connectivity index (χ4n) is 2.63. The first-order valence-corrected chi connectivity index (χ1v) is 6.70. The molecule has 1 aromatic carbocycles. The monoisotopic (exact) mass is 260 g/mol. The molecular formula is C15H20N2O2. The number of rotatable bonds is 4. The predicted octanol–water partition coefficient (Wildman–Crippen LogP) is 2.47. The van der Waals surface area contributed by atoms with Crippen molar-refractivity contribution in [3.63, 3.8) is 0 Å². The lowest BCUT2D eigenvalue weighted by molar-refractivity contribution is -0.114. The second-order valence-corrected chi connectivity index (χ2v) is 4.98. The molecule has 0 aromatic heterocycles. The molecule has 1 heterocycles. The number of hydrogen-bond donors (Lipinski definition) is 0. The van der Waals surface area contributed by atoms with Crippen molar-refractivity contribution in [2.24, 2.45) is 0 Å². The number of Topliss-reactive ketones (excluding diaryl/α,β-unsaturated/α-hetero) is 1. The van der Waals surface area contributed by atoms with Crippen LogP contribution in [0.1, 0.15) is 37.0 Å². The molecule has 4 nitrogen and oxygen atoms in total. The molecule has 0 spiro atoms. The van der Waals surface area contributed by atoms with Gasteiger partial charge in [-0.25, -0.2) is 0 Å². The van der Waals surface area contributed by atoms with E-state index in [0.717, 1.165) is 18.5 Å². The fourth-order valence-corrected chi connectivity index (χ4v) is 2.63. The Labute approximate surface area is 114 Å². The van der Waals surface area contributed by atoms with Gasteiger partial charge in [0.15, 0.2) is 0 Å². The van der Waals surface area contributed by atoms with Crippen LogP contribution in [-0.2, 0) is 4.79 Å². The number of amides is 1. The van der Waals surface area contributed by atoms with Gasteiger partial charge in [-0.2, -0.15) is 0 Å². The van der Waals surface area contributed by atoms with Gasteiger partial charge in [0.1, 0.15) is 0 Å². The van der Waals surface area contributed by atoms with Crippen LogP contribution in [0.2, 0.25) is 0 Å². The Balaban J connectivity index is 2.38. The fraction of sp³-hybridized carbons (Fsp3) is 0.467. The predicted molar refractivity (Wildman–Crippen MR) is 77.0 cm³/mol. The third-order valence-corrected chi connectivity index (χ3v) is 3.98. The van der Waals surface area contributed by atoms with E-state index in [1.807, 2.05) is 12.1 Å². The van der Waals surface area contributed by atoms with Gasteiger partial charge in [0, 0.05) is 25.8 Å². The van der Waals surface area contributed by atoms with E-state index in [4.69, 9.17) is 0 Å². The average molecular weight is 260 g/mol. The van der Waals surface area contributed by atoms with Crippen LogP contribution in [0.25, 0.3) is 0 Å². The first-order valence-electron chi connectivity index (χ1n) is 6.70. The molecule has 102 valence electrons. The van der Waals surface area contributed by atoms with Gasteiger partial charge < -0.3 is 9.80 Å². The van der Waals surface area contributed by atoms with Crippen LogP contribution in [-0.4, -0.2) is 31.8 Å². The van der Waals surface area contributed by atoms with Crippen molar-refractivity contribution in [3.05, 3.63) is 23.8 Å². The molecule has 0 radical (unpaired) electrons. The molecule has 0 unspecified atom stereocenters. The molecular weight excluding hydrogens is 240 g/mol. The van der Waals surface area contributed by atoms with E-state index in [1.165, 1.54) is 4.90 Å². The van der Waals surface area contributed by atoms with Gasteiger partial charge >= 0.3 is 0 Å². The van der Waals surface area contributed by atoms with Crippen LogP contribution >= 0.6 is 0 Å². The van der Waals surface area contributed by atoms with Crippen molar-refractivity contribution in [2.75, 3.05) is 23.9 Å². The highest BCUT2D eigenvalue weighted by Crippen LogP contribution is 2.32. The van der Waals surface area contributed by atoms with Crippen molar-refractivity contribution >= 4 is 23.1 Å². The number of nitrogens with zero attached hydrogens (tertiary/aromatic N) is 2. The maximum Gasteiger partial charge on any atom is 0.299 e. The summed E-state index contributed by atoms with van der Waals surface area (Å²) in [6.45, 7) is 4.33. The topological polar surface area (TPSA) is 40.6 Å². The Bertz CT molecular complexity index is 521. The summed E-state index contributed by atoms with van der Waals surface area (Å²) in [5.74, 6) is -0.855. The standard InChI is InChI=1S/C15H20N2O2/c1-5-10(6-2)16(3)11-7-8-12-13(9-11)17(4)15(19)14(12)18/h7-10H,5-6H2,1-4H3. The summed E-state index contributed by atoms with van der Waals surface area (Å²) >= 11 is 0. The third-order valence-electron chi connectivity index (χ3n) is 3.98. The van der Waals surface area contributed by atoms with E-state index in [1.54, 1.807) is 13.1 Å². The van der Waals surface area contributed by atoms with Gasteiger partial charge in [0.05, 0.1) is 11.3 Å². The molecule has 0 N–H and O–H groups in total. The smallest absolute Gasteiger partial charge is 0.299 e. The highest BCUT2D eigenvalue weighted by molar-refractivity contribution is 6.52. The van der Waals surface area contributed by atoms with E-state index in [9.17, 15) is 9.59 Å². The zero-order chi connectivity index (χ0) is 14.2. The number of carbonyl (C=O) groups is 2. The largest absolute Gasteiger partial charge is 0.372 e. The summed E-state index contributed by atoms with van der Waals surface area (Å²) in [5, 5.41) is 0. The van der Waals surface area contributed by atoms with E-state index in [0.29, 0.717) is 17.3 Å². The SMILES string of the molecule is CCC(CC)N(C)c1ccc2c(c1)N(C)C(=O)C2=O. The highest BCUT2D eigenvalue weighted by Gasteiger charge is 2.33. The molecule has 1 amide bonds. The van der Waals surface area contributed by atoms with Crippen LogP contribution in [0.5, 0.6) is 0 Å². The molecule has 19 heavy (non-hydrogen) atoms. The first-order chi connectivity index (χ1) is 9.01. The van der Waals surface area contributed by atoms with Gasteiger partial charge in [0.25, 0.3) is 11.7 Å². The van der Waals surface area contributed by atoms with Gasteiger partial charge in [-0.15, -0.1) is 0 Å². The minimum Gasteiger partial charge on any atom is -0.372 e. The van der Waals surface area contributed by atoms with Crippen LogP contribution in [0.3, 0.4) is 0 Å². The zero-order valence-electron chi connectivity index (χ0n) is 11.9. The van der Waals surface area contributed by atoms with Crippen LogP contribution in [0.4, 0.5) is 11.4 Å². The Morgan fingerprint density at radius 1 is 1.21 bits per heavy atom. The van der Waals surface area contributed by atoms with Gasteiger partial charge in [-0.05, 0) is 31.0 Å². The number of ketones is 1. The Morgan fingerprint density at radius 3 is 2.42 bits per heavy atom. The first kappa shape index (κ1) is 13.6. The van der Waals surface area contributed by atoms with Crippen LogP contribution in [0, 0.1) is 0 Å². The Kier molecular flexibility index (Phi) is 3.60. The lowest BCUT2D eigenvalue weighted by Gasteiger charge is -2.29. The normalized spacial score (nSPS) is 14.3.